The molecule has 0 bridgehead atoms. The fourth-order valence-electron chi connectivity index (χ4n) is 1.90. The molecule has 0 atom stereocenters. The Bertz CT molecular complexity index is 583. The second kappa shape index (κ2) is 6.17. The quantitative estimate of drug-likeness (QED) is 0.681. The van der Waals surface area contributed by atoms with Gasteiger partial charge in [0.25, 0.3) is 5.91 Å². The minimum absolute atomic E-state index is 0.106. The van der Waals surface area contributed by atoms with Gasteiger partial charge in [0.1, 0.15) is 11.6 Å². The maximum absolute atomic E-state index is 11.3. The highest BCUT2D eigenvalue weighted by molar-refractivity contribution is 6.32. The molecule has 1 amide bonds. The number of methoxy groups -OCH3 is 1. The van der Waals surface area contributed by atoms with Crippen molar-refractivity contribution in [2.75, 3.05) is 19.5 Å². The normalized spacial score (nSPS) is 10.7. The summed E-state index contributed by atoms with van der Waals surface area (Å²) in [6.45, 7) is 0.414. The lowest BCUT2D eigenvalue weighted by atomic mass is 10.1. The summed E-state index contributed by atoms with van der Waals surface area (Å²) in [5.41, 5.74) is 2.11. The van der Waals surface area contributed by atoms with Crippen LogP contribution in [0.4, 0.5) is 0 Å². The number of alkyl halides is 1. The Balaban J connectivity index is 2.14. The van der Waals surface area contributed by atoms with E-state index in [4.69, 9.17) is 28.1 Å². The van der Waals surface area contributed by atoms with Gasteiger partial charge in [-0.25, -0.2) is 0 Å². The number of nitrogens with one attached hydrogen (secondary N) is 1. The second-order valence-electron chi connectivity index (χ2n) is 4.09. The highest BCUT2D eigenvalue weighted by Crippen LogP contribution is 2.24. The van der Waals surface area contributed by atoms with E-state index in [2.05, 4.69) is 4.98 Å². The van der Waals surface area contributed by atoms with Gasteiger partial charge in [0, 0.05) is 35.4 Å². The molecule has 1 aromatic carbocycles. The van der Waals surface area contributed by atoms with E-state index in [0.29, 0.717) is 13.0 Å². The summed E-state index contributed by atoms with van der Waals surface area (Å²) in [5, 5.41) is 1.07. The molecule has 0 aliphatic rings. The Morgan fingerprint density at radius 1 is 1.47 bits per heavy atom. The van der Waals surface area contributed by atoms with Crippen LogP contribution in [0.2, 0.25) is 0 Å². The van der Waals surface area contributed by atoms with Crippen molar-refractivity contribution >= 4 is 40.2 Å². The van der Waals surface area contributed by atoms with Gasteiger partial charge in [-0.2, -0.15) is 0 Å². The van der Waals surface area contributed by atoms with E-state index in [9.17, 15) is 4.79 Å². The topological polar surface area (TPSA) is 45.3 Å². The Hall–Kier alpha value is -1.39. The third-order valence-electron chi connectivity index (χ3n) is 2.94. The van der Waals surface area contributed by atoms with Gasteiger partial charge >= 0.3 is 0 Å². The molecule has 0 spiro atoms. The van der Waals surface area contributed by atoms with Gasteiger partial charge in [0.15, 0.2) is 0 Å². The van der Waals surface area contributed by atoms with Crippen molar-refractivity contribution in [3.8, 4) is 5.75 Å². The van der Waals surface area contributed by atoms with Gasteiger partial charge < -0.3 is 9.72 Å². The van der Waals surface area contributed by atoms with Crippen LogP contribution in [0.15, 0.2) is 24.4 Å². The summed E-state index contributed by atoms with van der Waals surface area (Å²) in [5.74, 6) is 0.402. The predicted molar refractivity (Wildman–Crippen MR) is 76.8 cm³/mol. The number of fused-ring (bicyclic) bond motifs is 1. The number of aromatic amines is 1. The molecule has 2 aromatic rings. The average Bonchev–Trinajstić information content (AvgIpc) is 2.85. The number of nitrogens with zero attached hydrogens (tertiary/aromatic N) is 1. The largest absolute Gasteiger partial charge is 0.497 e. The predicted octanol–water partition coefficient (Wildman–Crippen LogP) is 2.94. The van der Waals surface area contributed by atoms with Crippen LogP contribution in [0.5, 0.6) is 5.75 Å². The number of amides is 1. The zero-order valence-electron chi connectivity index (χ0n) is 10.5. The van der Waals surface area contributed by atoms with Crippen LogP contribution in [0.3, 0.4) is 0 Å². The molecular formula is C13H14Cl2N2O2. The molecule has 0 aliphatic heterocycles. The van der Waals surface area contributed by atoms with Crippen LogP contribution < -0.4 is 4.74 Å². The lowest BCUT2D eigenvalue weighted by Crippen LogP contribution is -2.24. The number of carbonyl (C=O) groups excluding carboxylic acids is 1. The van der Waals surface area contributed by atoms with Gasteiger partial charge in [-0.15, -0.1) is 11.6 Å². The molecular weight excluding hydrogens is 287 g/mol. The van der Waals surface area contributed by atoms with Crippen LogP contribution in [0.25, 0.3) is 10.9 Å². The summed E-state index contributed by atoms with van der Waals surface area (Å²) in [7, 11) is 1.63. The first-order valence-electron chi connectivity index (χ1n) is 5.82. The zero-order chi connectivity index (χ0) is 13.8. The van der Waals surface area contributed by atoms with Gasteiger partial charge in [0.05, 0.1) is 7.11 Å². The molecule has 19 heavy (non-hydrogen) atoms. The summed E-state index contributed by atoms with van der Waals surface area (Å²) >= 11 is 11.3. The first-order valence-corrected chi connectivity index (χ1v) is 6.69. The summed E-state index contributed by atoms with van der Waals surface area (Å²) in [6, 6.07) is 5.82. The molecule has 1 aromatic heterocycles. The van der Waals surface area contributed by atoms with E-state index in [1.807, 2.05) is 24.4 Å². The highest BCUT2D eigenvalue weighted by atomic mass is 35.5. The van der Waals surface area contributed by atoms with Crippen LogP contribution in [-0.2, 0) is 11.2 Å². The number of halogens is 2. The summed E-state index contributed by atoms with van der Waals surface area (Å²) in [6.07, 6.45) is 2.57. The first-order chi connectivity index (χ1) is 9.15. The van der Waals surface area contributed by atoms with Crippen molar-refractivity contribution in [2.24, 2.45) is 0 Å². The zero-order valence-corrected chi connectivity index (χ0v) is 12.0. The van der Waals surface area contributed by atoms with Crippen molar-refractivity contribution in [3.05, 3.63) is 30.0 Å². The maximum Gasteiger partial charge on any atom is 0.251 e. The fraction of sp³-hybridized carbons (Fsp3) is 0.308. The molecule has 0 radical (unpaired) electrons. The molecule has 4 nitrogen and oxygen atoms in total. The molecule has 0 aliphatic carbocycles. The van der Waals surface area contributed by atoms with Gasteiger partial charge in [-0.1, -0.05) is 0 Å². The molecule has 0 fully saturated rings. The van der Waals surface area contributed by atoms with Gasteiger partial charge in [-0.3, -0.25) is 9.21 Å². The molecule has 0 unspecified atom stereocenters. The molecule has 2 rings (SSSR count). The number of H-pyrrole nitrogens is 1. The van der Waals surface area contributed by atoms with E-state index in [1.54, 1.807) is 7.11 Å². The molecule has 6 heteroatoms. The molecule has 0 saturated heterocycles. The Morgan fingerprint density at radius 3 is 2.95 bits per heavy atom. The fourth-order valence-corrected chi connectivity index (χ4v) is 2.25. The lowest BCUT2D eigenvalue weighted by Gasteiger charge is -2.11. The van der Waals surface area contributed by atoms with Crippen LogP contribution in [0, 0.1) is 0 Å². The van der Waals surface area contributed by atoms with E-state index >= 15 is 0 Å². The van der Waals surface area contributed by atoms with E-state index in [1.165, 1.54) is 0 Å². The van der Waals surface area contributed by atoms with E-state index < -0.39 is 0 Å². The van der Waals surface area contributed by atoms with Gasteiger partial charge in [-0.05, 0) is 30.2 Å². The van der Waals surface area contributed by atoms with Crippen molar-refractivity contribution < 1.29 is 9.53 Å². The summed E-state index contributed by atoms with van der Waals surface area (Å²) in [4.78, 5) is 14.4. The lowest BCUT2D eigenvalue weighted by molar-refractivity contribution is -0.123. The van der Waals surface area contributed by atoms with Crippen molar-refractivity contribution in [2.45, 2.75) is 6.42 Å². The highest BCUT2D eigenvalue weighted by Gasteiger charge is 2.11. The number of hydrogen-bond acceptors (Lipinski definition) is 2. The molecule has 1 heterocycles. The number of carbonyl (C=O) groups is 1. The van der Waals surface area contributed by atoms with Crippen LogP contribution >= 0.6 is 23.4 Å². The van der Waals surface area contributed by atoms with Crippen molar-refractivity contribution in [1.82, 2.24) is 9.40 Å². The number of rotatable bonds is 5. The molecule has 0 saturated carbocycles. The summed E-state index contributed by atoms with van der Waals surface area (Å²) < 4.78 is 6.32. The number of ether oxygens (including phenoxy) is 1. The van der Waals surface area contributed by atoms with Crippen molar-refractivity contribution in [3.63, 3.8) is 0 Å². The van der Waals surface area contributed by atoms with Crippen molar-refractivity contribution in [1.29, 1.82) is 0 Å². The third-order valence-corrected chi connectivity index (χ3v) is 3.52. The Labute approximate surface area is 121 Å². The number of aromatic nitrogens is 1. The van der Waals surface area contributed by atoms with E-state index in [-0.39, 0.29) is 11.8 Å². The smallest absolute Gasteiger partial charge is 0.251 e. The third kappa shape index (κ3) is 3.14. The SMILES string of the molecule is COc1ccc2[nH]cc(CCN(Cl)C(=O)CCl)c2c1. The number of benzene rings is 1. The minimum Gasteiger partial charge on any atom is -0.497 e. The monoisotopic (exact) mass is 300 g/mol. The van der Waals surface area contributed by atoms with Gasteiger partial charge in [0.2, 0.25) is 0 Å². The van der Waals surface area contributed by atoms with E-state index in [0.717, 1.165) is 26.6 Å². The molecule has 1 N–H and O–H groups in total. The maximum atomic E-state index is 11.3. The standard InChI is InChI=1S/C13H14Cl2N2O2/c1-19-10-2-3-12-11(6-10)9(8-16-12)4-5-17(15)13(18)7-14/h2-3,6,8,16H,4-5,7H2,1H3. The average molecular weight is 301 g/mol. The van der Waals surface area contributed by atoms with Crippen LogP contribution in [-0.4, -0.2) is 34.8 Å². The molecule has 102 valence electrons. The Morgan fingerprint density at radius 2 is 2.26 bits per heavy atom. The Kier molecular flexibility index (Phi) is 4.56. The van der Waals surface area contributed by atoms with Crippen LogP contribution in [0.1, 0.15) is 5.56 Å². The minimum atomic E-state index is -0.291. The first kappa shape index (κ1) is 14.0. The second-order valence-corrected chi connectivity index (χ2v) is 4.76. The number of hydrogen-bond donors (Lipinski definition) is 1.